The number of amides is 1. The molecule has 3 nitrogen and oxygen atoms in total. The first-order valence-corrected chi connectivity index (χ1v) is 7.68. The van der Waals surface area contributed by atoms with Crippen LogP contribution in [0, 0.1) is 17.5 Å². The van der Waals surface area contributed by atoms with Gasteiger partial charge in [-0.25, -0.2) is 13.2 Å². The average Bonchev–Trinajstić information content (AvgIpc) is 2.60. The molecule has 2 aromatic rings. The predicted molar refractivity (Wildman–Crippen MR) is 87.2 cm³/mol. The van der Waals surface area contributed by atoms with Crippen LogP contribution in [0.25, 0.3) is 0 Å². The molecule has 0 saturated carbocycles. The third-order valence-electron chi connectivity index (χ3n) is 3.77. The van der Waals surface area contributed by atoms with Crippen molar-refractivity contribution < 1.29 is 18.0 Å². The maximum atomic E-state index is 13.5. The van der Waals surface area contributed by atoms with E-state index in [1.807, 2.05) is 31.2 Å². The Hall–Kier alpha value is -2.34. The highest BCUT2D eigenvalue weighted by molar-refractivity contribution is 5.92. The summed E-state index contributed by atoms with van der Waals surface area (Å²) in [6.07, 6.45) is 0.949. The van der Waals surface area contributed by atoms with E-state index in [2.05, 4.69) is 17.6 Å². The molecule has 128 valence electrons. The zero-order valence-corrected chi connectivity index (χ0v) is 13.5. The van der Waals surface area contributed by atoms with Gasteiger partial charge in [0, 0.05) is 6.04 Å². The van der Waals surface area contributed by atoms with E-state index in [1.54, 1.807) is 0 Å². The summed E-state index contributed by atoms with van der Waals surface area (Å²) >= 11 is 0. The predicted octanol–water partition coefficient (Wildman–Crippen LogP) is 3.96. The molecule has 0 spiro atoms. The van der Waals surface area contributed by atoms with Gasteiger partial charge in [-0.05, 0) is 36.6 Å². The fourth-order valence-corrected chi connectivity index (χ4v) is 2.22. The Morgan fingerprint density at radius 2 is 1.71 bits per heavy atom. The summed E-state index contributed by atoms with van der Waals surface area (Å²) in [7, 11) is 0. The summed E-state index contributed by atoms with van der Waals surface area (Å²) in [6.45, 7) is 3.87. The molecule has 0 bridgehead atoms. The molecular weight excluding hydrogens is 317 g/mol. The lowest BCUT2D eigenvalue weighted by molar-refractivity contribution is -0.115. The summed E-state index contributed by atoms with van der Waals surface area (Å²) in [5.74, 6) is -4.86. The molecule has 0 aliphatic rings. The second-order valence-electron chi connectivity index (χ2n) is 5.47. The lowest BCUT2D eigenvalue weighted by Crippen LogP contribution is -2.30. The van der Waals surface area contributed by atoms with Gasteiger partial charge in [0.2, 0.25) is 5.91 Å². The Bertz CT molecular complexity index is 717. The van der Waals surface area contributed by atoms with Crippen molar-refractivity contribution in [3.05, 3.63) is 65.0 Å². The van der Waals surface area contributed by atoms with E-state index < -0.39 is 23.4 Å². The van der Waals surface area contributed by atoms with Gasteiger partial charge in [0.05, 0.1) is 12.2 Å². The van der Waals surface area contributed by atoms with Crippen LogP contribution in [0.2, 0.25) is 0 Å². The molecule has 0 aromatic heterocycles. The van der Waals surface area contributed by atoms with Crippen molar-refractivity contribution in [2.75, 3.05) is 11.9 Å². The van der Waals surface area contributed by atoms with Gasteiger partial charge in [-0.15, -0.1) is 0 Å². The van der Waals surface area contributed by atoms with Crippen LogP contribution >= 0.6 is 0 Å². The van der Waals surface area contributed by atoms with Crippen LogP contribution in [-0.2, 0) is 11.2 Å². The number of carbonyl (C=O) groups excluding carboxylic acids is 1. The van der Waals surface area contributed by atoms with Gasteiger partial charge in [0.15, 0.2) is 17.5 Å². The largest absolute Gasteiger partial charge is 0.322 e. The topological polar surface area (TPSA) is 41.1 Å². The Labute approximate surface area is 138 Å². The normalized spacial score (nSPS) is 12.0. The minimum Gasteiger partial charge on any atom is -0.322 e. The van der Waals surface area contributed by atoms with Gasteiger partial charge < -0.3 is 10.6 Å². The lowest BCUT2D eigenvalue weighted by atomic mass is 10.1. The minimum atomic E-state index is -1.61. The number of anilines is 1. The maximum Gasteiger partial charge on any atom is 0.238 e. The van der Waals surface area contributed by atoms with Crippen LogP contribution in [0.1, 0.15) is 31.0 Å². The van der Waals surface area contributed by atoms with Crippen molar-refractivity contribution in [2.45, 2.75) is 26.3 Å². The van der Waals surface area contributed by atoms with Gasteiger partial charge in [-0.3, -0.25) is 4.79 Å². The Morgan fingerprint density at radius 1 is 1.04 bits per heavy atom. The number of halogens is 3. The van der Waals surface area contributed by atoms with Crippen molar-refractivity contribution in [1.82, 2.24) is 5.32 Å². The van der Waals surface area contributed by atoms with Crippen LogP contribution in [0.15, 0.2) is 36.4 Å². The highest BCUT2D eigenvalue weighted by Gasteiger charge is 2.15. The van der Waals surface area contributed by atoms with Crippen LogP contribution in [0.4, 0.5) is 18.9 Å². The number of rotatable bonds is 6. The fraction of sp³-hybridized carbons (Fsp3) is 0.278. The van der Waals surface area contributed by atoms with Gasteiger partial charge in [0.25, 0.3) is 0 Å². The Kier molecular flexibility index (Phi) is 5.98. The van der Waals surface area contributed by atoms with Crippen LogP contribution < -0.4 is 10.6 Å². The summed E-state index contributed by atoms with van der Waals surface area (Å²) in [6, 6.07) is 9.65. The quantitative estimate of drug-likeness (QED) is 0.784. The molecule has 0 aliphatic heterocycles. The third kappa shape index (κ3) is 4.35. The van der Waals surface area contributed by atoms with Crippen molar-refractivity contribution in [3.63, 3.8) is 0 Å². The van der Waals surface area contributed by atoms with E-state index in [1.165, 1.54) is 5.56 Å². The highest BCUT2D eigenvalue weighted by atomic mass is 19.2. The van der Waals surface area contributed by atoms with Crippen molar-refractivity contribution in [1.29, 1.82) is 0 Å². The van der Waals surface area contributed by atoms with Crippen LogP contribution in [0.3, 0.4) is 0 Å². The first-order valence-electron chi connectivity index (χ1n) is 7.68. The van der Waals surface area contributed by atoms with Crippen molar-refractivity contribution in [2.24, 2.45) is 0 Å². The fourth-order valence-electron chi connectivity index (χ4n) is 2.22. The molecular formula is C18H19F3N2O. The molecule has 6 heteroatoms. The molecule has 24 heavy (non-hydrogen) atoms. The van der Waals surface area contributed by atoms with Crippen LogP contribution in [0.5, 0.6) is 0 Å². The smallest absolute Gasteiger partial charge is 0.238 e. The summed E-state index contributed by atoms with van der Waals surface area (Å²) in [5.41, 5.74) is 1.84. The van der Waals surface area contributed by atoms with Gasteiger partial charge in [-0.2, -0.15) is 0 Å². The first kappa shape index (κ1) is 18.0. The number of aryl methyl sites for hydroxylation is 1. The van der Waals surface area contributed by atoms with E-state index in [9.17, 15) is 18.0 Å². The number of carbonyl (C=O) groups is 1. The SMILES string of the molecule is CCc1ccc([C@H](C)NCC(=O)Nc2ccc(F)c(F)c2F)cc1. The average molecular weight is 336 g/mol. The number of nitrogens with one attached hydrogen (secondary N) is 2. The number of benzene rings is 2. The van der Waals surface area contributed by atoms with E-state index in [4.69, 9.17) is 0 Å². The van der Waals surface area contributed by atoms with Crippen molar-refractivity contribution >= 4 is 11.6 Å². The zero-order valence-electron chi connectivity index (χ0n) is 13.5. The lowest BCUT2D eigenvalue weighted by Gasteiger charge is -2.15. The van der Waals surface area contributed by atoms with E-state index in [0.717, 1.165) is 24.1 Å². The minimum absolute atomic E-state index is 0.0866. The standard InChI is InChI=1S/C18H19F3N2O/c1-3-12-4-6-13(7-5-12)11(2)22-10-16(24)23-15-9-8-14(19)17(20)18(15)21/h4-9,11,22H,3,10H2,1-2H3,(H,23,24)/t11-/m0/s1. The number of hydrogen-bond acceptors (Lipinski definition) is 2. The molecule has 0 unspecified atom stereocenters. The van der Waals surface area contributed by atoms with Crippen molar-refractivity contribution in [3.8, 4) is 0 Å². The Morgan fingerprint density at radius 3 is 2.33 bits per heavy atom. The van der Waals surface area contributed by atoms with Gasteiger partial charge in [-0.1, -0.05) is 31.2 Å². The second kappa shape index (κ2) is 7.97. The number of hydrogen-bond donors (Lipinski definition) is 2. The first-order chi connectivity index (χ1) is 11.4. The summed E-state index contributed by atoms with van der Waals surface area (Å²) < 4.78 is 39.5. The van der Waals surface area contributed by atoms with Gasteiger partial charge in [0.1, 0.15) is 0 Å². The zero-order chi connectivity index (χ0) is 17.7. The summed E-state index contributed by atoms with van der Waals surface area (Å²) in [5, 5.41) is 5.22. The molecule has 0 heterocycles. The molecule has 1 atom stereocenters. The molecule has 0 saturated heterocycles. The van der Waals surface area contributed by atoms with Gasteiger partial charge >= 0.3 is 0 Å². The maximum absolute atomic E-state index is 13.5. The monoisotopic (exact) mass is 336 g/mol. The highest BCUT2D eigenvalue weighted by Crippen LogP contribution is 2.19. The van der Waals surface area contributed by atoms with E-state index in [-0.39, 0.29) is 18.3 Å². The Balaban J connectivity index is 1.92. The molecule has 0 aliphatic carbocycles. The van der Waals surface area contributed by atoms with Crippen LogP contribution in [-0.4, -0.2) is 12.5 Å². The molecule has 2 N–H and O–H groups in total. The molecule has 2 aromatic carbocycles. The van der Waals surface area contributed by atoms with E-state index in [0.29, 0.717) is 0 Å². The second-order valence-corrected chi connectivity index (χ2v) is 5.47. The third-order valence-corrected chi connectivity index (χ3v) is 3.77. The van der Waals surface area contributed by atoms with E-state index >= 15 is 0 Å². The molecule has 1 amide bonds. The summed E-state index contributed by atoms with van der Waals surface area (Å²) in [4.78, 5) is 11.8. The molecule has 0 radical (unpaired) electrons. The molecule has 2 rings (SSSR count). The molecule has 0 fully saturated rings.